The molecule has 16 heavy (non-hydrogen) atoms. The van der Waals surface area contributed by atoms with E-state index < -0.39 is 11.6 Å². The minimum atomic E-state index is -0.497. The highest BCUT2D eigenvalue weighted by Gasteiger charge is 2.41. The summed E-state index contributed by atoms with van der Waals surface area (Å²) >= 11 is 5.81. The fourth-order valence-electron chi connectivity index (χ4n) is 1.69. The van der Waals surface area contributed by atoms with Crippen LogP contribution >= 0.6 is 11.6 Å². The van der Waals surface area contributed by atoms with Gasteiger partial charge in [0.25, 0.3) is 0 Å². The van der Waals surface area contributed by atoms with Crippen LogP contribution in [0.5, 0.6) is 0 Å². The normalized spacial score (nSPS) is 17.4. The highest BCUT2D eigenvalue weighted by molar-refractivity contribution is 6.18. The lowest BCUT2D eigenvalue weighted by atomic mass is 10.1. The van der Waals surface area contributed by atoms with Crippen molar-refractivity contribution in [2.75, 3.05) is 12.4 Å². The van der Waals surface area contributed by atoms with E-state index in [2.05, 4.69) is 5.32 Å². The molecule has 0 saturated heterocycles. The summed E-state index contributed by atoms with van der Waals surface area (Å²) in [6.45, 7) is 0.946. The fourth-order valence-corrected chi connectivity index (χ4v) is 2.05. The Hall–Kier alpha value is -0.670. The first-order valence-electron chi connectivity index (χ1n) is 5.36. The van der Waals surface area contributed by atoms with E-state index in [1.54, 1.807) is 0 Å². The van der Waals surface area contributed by atoms with Gasteiger partial charge in [0.15, 0.2) is 0 Å². The SMILES string of the molecule is Fc1cccc(F)c1CNCC1(CCl)CC1. The smallest absolute Gasteiger partial charge is 0.130 e. The molecule has 0 atom stereocenters. The number of hydrogen-bond donors (Lipinski definition) is 1. The zero-order chi connectivity index (χ0) is 11.6. The van der Waals surface area contributed by atoms with Gasteiger partial charge in [0, 0.05) is 24.5 Å². The zero-order valence-electron chi connectivity index (χ0n) is 8.90. The van der Waals surface area contributed by atoms with Gasteiger partial charge in [0.05, 0.1) is 0 Å². The lowest BCUT2D eigenvalue weighted by Gasteiger charge is -2.13. The molecule has 0 unspecified atom stereocenters. The molecule has 1 aliphatic carbocycles. The molecule has 0 aliphatic heterocycles. The summed E-state index contributed by atoms with van der Waals surface area (Å²) in [6, 6.07) is 3.92. The van der Waals surface area contributed by atoms with Crippen LogP contribution in [0.1, 0.15) is 18.4 Å². The molecular formula is C12H14ClF2N. The Labute approximate surface area is 98.8 Å². The maximum absolute atomic E-state index is 13.3. The quantitative estimate of drug-likeness (QED) is 0.787. The van der Waals surface area contributed by atoms with Gasteiger partial charge in [-0.1, -0.05) is 6.07 Å². The molecule has 4 heteroatoms. The molecule has 88 valence electrons. The standard InChI is InChI=1S/C12H14ClF2N/c13-7-12(4-5-12)8-16-6-9-10(14)2-1-3-11(9)15/h1-3,16H,4-8H2. The predicted molar refractivity (Wildman–Crippen MR) is 60.5 cm³/mol. The number of rotatable bonds is 5. The van der Waals surface area contributed by atoms with Crippen molar-refractivity contribution in [1.82, 2.24) is 5.32 Å². The molecule has 0 spiro atoms. The fraction of sp³-hybridized carbons (Fsp3) is 0.500. The van der Waals surface area contributed by atoms with Gasteiger partial charge in [-0.25, -0.2) is 8.78 Å². The number of hydrogen-bond acceptors (Lipinski definition) is 1. The van der Waals surface area contributed by atoms with Crippen LogP contribution in [0.25, 0.3) is 0 Å². The maximum atomic E-state index is 13.3. The van der Waals surface area contributed by atoms with Crippen LogP contribution in [0.2, 0.25) is 0 Å². The second-order valence-electron chi connectivity index (χ2n) is 4.44. The van der Waals surface area contributed by atoms with E-state index in [0.717, 1.165) is 19.4 Å². The summed E-state index contributed by atoms with van der Waals surface area (Å²) in [5.74, 6) is -0.383. The van der Waals surface area contributed by atoms with Gasteiger partial charge in [0.2, 0.25) is 0 Å². The molecule has 2 rings (SSSR count). The number of benzene rings is 1. The lowest BCUT2D eigenvalue weighted by molar-refractivity contribution is 0.481. The largest absolute Gasteiger partial charge is 0.312 e. The molecule has 1 nitrogen and oxygen atoms in total. The molecule has 1 aromatic rings. The van der Waals surface area contributed by atoms with Crippen LogP contribution in [0.3, 0.4) is 0 Å². The monoisotopic (exact) mass is 245 g/mol. The van der Waals surface area contributed by atoms with E-state index in [9.17, 15) is 8.78 Å². The van der Waals surface area contributed by atoms with Crippen molar-refractivity contribution in [3.8, 4) is 0 Å². The molecule has 0 amide bonds. The first kappa shape index (κ1) is 11.8. The van der Waals surface area contributed by atoms with Gasteiger partial charge >= 0.3 is 0 Å². The average molecular weight is 246 g/mol. The van der Waals surface area contributed by atoms with E-state index in [-0.39, 0.29) is 17.5 Å². The summed E-state index contributed by atoms with van der Waals surface area (Å²) in [5, 5.41) is 3.07. The summed E-state index contributed by atoms with van der Waals surface area (Å²) in [5.41, 5.74) is 0.274. The van der Waals surface area contributed by atoms with Crippen molar-refractivity contribution in [2.45, 2.75) is 19.4 Å². The van der Waals surface area contributed by atoms with Crippen molar-refractivity contribution < 1.29 is 8.78 Å². The van der Waals surface area contributed by atoms with Crippen LogP contribution < -0.4 is 5.32 Å². The Balaban J connectivity index is 1.90. The minimum Gasteiger partial charge on any atom is -0.312 e. The molecule has 0 bridgehead atoms. The van der Waals surface area contributed by atoms with Gasteiger partial charge in [-0.3, -0.25) is 0 Å². The second-order valence-corrected chi connectivity index (χ2v) is 4.70. The third-order valence-corrected chi connectivity index (χ3v) is 3.67. The lowest BCUT2D eigenvalue weighted by Crippen LogP contribution is -2.25. The zero-order valence-corrected chi connectivity index (χ0v) is 9.66. The summed E-state index contributed by atoms with van der Waals surface area (Å²) in [7, 11) is 0. The van der Waals surface area contributed by atoms with Gasteiger partial charge in [-0.05, 0) is 30.4 Å². The Morgan fingerprint density at radius 1 is 1.25 bits per heavy atom. The number of alkyl halides is 1. The Bertz CT molecular complexity index is 357. The van der Waals surface area contributed by atoms with Crippen LogP contribution in [0.15, 0.2) is 18.2 Å². The summed E-state index contributed by atoms with van der Waals surface area (Å²) in [6.07, 6.45) is 2.20. The molecule has 1 fully saturated rings. The van der Waals surface area contributed by atoms with Crippen molar-refractivity contribution >= 4 is 11.6 Å². The molecule has 1 aromatic carbocycles. The van der Waals surface area contributed by atoms with Crippen LogP contribution in [-0.2, 0) is 6.54 Å². The van der Waals surface area contributed by atoms with E-state index >= 15 is 0 Å². The molecule has 1 aliphatic rings. The number of nitrogens with one attached hydrogen (secondary N) is 1. The first-order chi connectivity index (χ1) is 7.67. The summed E-state index contributed by atoms with van der Waals surface area (Å²) in [4.78, 5) is 0. The summed E-state index contributed by atoms with van der Waals surface area (Å²) < 4.78 is 26.5. The molecule has 0 radical (unpaired) electrons. The minimum absolute atomic E-state index is 0.105. The molecule has 0 heterocycles. The van der Waals surface area contributed by atoms with Gasteiger partial charge in [-0.15, -0.1) is 11.6 Å². The highest BCUT2D eigenvalue weighted by atomic mass is 35.5. The third-order valence-electron chi connectivity index (χ3n) is 3.10. The highest BCUT2D eigenvalue weighted by Crippen LogP contribution is 2.45. The van der Waals surface area contributed by atoms with Crippen molar-refractivity contribution in [2.24, 2.45) is 5.41 Å². The van der Waals surface area contributed by atoms with Crippen molar-refractivity contribution in [1.29, 1.82) is 0 Å². The Kier molecular flexibility index (Phi) is 3.45. The Morgan fingerprint density at radius 3 is 2.38 bits per heavy atom. The van der Waals surface area contributed by atoms with E-state index in [0.29, 0.717) is 5.88 Å². The van der Waals surface area contributed by atoms with E-state index in [4.69, 9.17) is 11.6 Å². The third kappa shape index (κ3) is 2.53. The Morgan fingerprint density at radius 2 is 1.88 bits per heavy atom. The van der Waals surface area contributed by atoms with Crippen molar-refractivity contribution in [3.05, 3.63) is 35.4 Å². The first-order valence-corrected chi connectivity index (χ1v) is 5.90. The molecule has 1 saturated carbocycles. The number of halogens is 3. The van der Waals surface area contributed by atoms with Crippen LogP contribution in [-0.4, -0.2) is 12.4 Å². The maximum Gasteiger partial charge on any atom is 0.130 e. The van der Waals surface area contributed by atoms with E-state index in [1.165, 1.54) is 18.2 Å². The topological polar surface area (TPSA) is 12.0 Å². The van der Waals surface area contributed by atoms with Gasteiger partial charge < -0.3 is 5.32 Å². The second kappa shape index (κ2) is 4.68. The predicted octanol–water partition coefficient (Wildman–Crippen LogP) is 3.07. The van der Waals surface area contributed by atoms with Crippen LogP contribution in [0.4, 0.5) is 8.78 Å². The van der Waals surface area contributed by atoms with E-state index in [1.807, 2.05) is 0 Å². The molecular weight excluding hydrogens is 232 g/mol. The molecule has 0 aromatic heterocycles. The molecule has 1 N–H and O–H groups in total. The van der Waals surface area contributed by atoms with Crippen molar-refractivity contribution in [3.63, 3.8) is 0 Å². The van der Waals surface area contributed by atoms with Crippen LogP contribution in [0, 0.1) is 17.0 Å². The van der Waals surface area contributed by atoms with Gasteiger partial charge in [-0.2, -0.15) is 0 Å². The average Bonchev–Trinajstić information content (AvgIpc) is 3.03. The van der Waals surface area contributed by atoms with Gasteiger partial charge in [0.1, 0.15) is 11.6 Å².